The van der Waals surface area contributed by atoms with Crippen molar-refractivity contribution in [2.75, 3.05) is 52.3 Å². The summed E-state index contributed by atoms with van der Waals surface area (Å²) in [6.45, 7) is 4.19. The zero-order chi connectivity index (χ0) is 18.1. The lowest BCUT2D eigenvalue weighted by atomic mass is 10.1. The minimum absolute atomic E-state index is 0.710. The molecule has 26 heavy (non-hydrogen) atoms. The summed E-state index contributed by atoms with van der Waals surface area (Å²) in [5, 5.41) is 1.17. The van der Waals surface area contributed by atoms with Crippen molar-refractivity contribution in [2.45, 2.75) is 0 Å². The first-order valence-corrected chi connectivity index (χ1v) is 9.38. The number of anilines is 1. The fourth-order valence-corrected chi connectivity index (χ4v) is 4.08. The molecule has 1 fully saturated rings. The van der Waals surface area contributed by atoms with Gasteiger partial charge in [0.15, 0.2) is 11.5 Å². The number of piperazine rings is 1. The minimum atomic E-state index is 0.710. The molecule has 0 bridgehead atoms. The third-order valence-corrected chi connectivity index (χ3v) is 5.72. The van der Waals surface area contributed by atoms with Gasteiger partial charge in [-0.05, 0) is 42.3 Å². The summed E-state index contributed by atoms with van der Waals surface area (Å²) in [5.41, 5.74) is 3.99. The monoisotopic (exact) mass is 370 g/mol. The Hall–Kier alpha value is -2.38. The molecule has 3 aromatic rings. The van der Waals surface area contributed by atoms with E-state index in [0.29, 0.717) is 5.75 Å². The van der Waals surface area contributed by atoms with Gasteiger partial charge in [-0.15, -0.1) is 0 Å². The van der Waals surface area contributed by atoms with Crippen LogP contribution in [0.4, 0.5) is 5.00 Å². The van der Waals surface area contributed by atoms with Gasteiger partial charge in [-0.1, -0.05) is 6.07 Å². The molecular weight excluding hydrogens is 348 g/mol. The number of aromatic nitrogens is 2. The molecule has 0 aliphatic carbocycles. The van der Waals surface area contributed by atoms with Crippen molar-refractivity contribution < 1.29 is 9.47 Å². The van der Waals surface area contributed by atoms with E-state index in [0.717, 1.165) is 54.1 Å². The molecule has 2 aromatic heterocycles. The average molecular weight is 370 g/mol. The molecule has 1 saturated heterocycles. The van der Waals surface area contributed by atoms with Gasteiger partial charge in [-0.25, -0.2) is 0 Å². The van der Waals surface area contributed by atoms with Crippen LogP contribution in [0.3, 0.4) is 0 Å². The number of pyridine rings is 1. The van der Waals surface area contributed by atoms with E-state index in [-0.39, 0.29) is 0 Å². The third kappa shape index (κ3) is 3.08. The van der Waals surface area contributed by atoms with Crippen LogP contribution in [0.2, 0.25) is 0 Å². The number of methoxy groups -OCH3 is 2. The molecule has 4 rings (SSSR count). The second-order valence-corrected chi connectivity index (χ2v) is 7.19. The van der Waals surface area contributed by atoms with Crippen LogP contribution in [-0.2, 0) is 0 Å². The number of benzene rings is 1. The number of rotatable bonds is 4. The Morgan fingerprint density at radius 1 is 0.962 bits per heavy atom. The highest BCUT2D eigenvalue weighted by Gasteiger charge is 2.20. The van der Waals surface area contributed by atoms with Gasteiger partial charge in [0.25, 0.3) is 0 Å². The van der Waals surface area contributed by atoms with E-state index in [1.54, 1.807) is 14.2 Å². The number of hydrogen-bond acceptors (Lipinski definition) is 7. The van der Waals surface area contributed by atoms with Crippen molar-refractivity contribution in [2.24, 2.45) is 0 Å². The van der Waals surface area contributed by atoms with Gasteiger partial charge in [-0.3, -0.25) is 4.98 Å². The van der Waals surface area contributed by atoms with Gasteiger partial charge in [-0.2, -0.15) is 4.37 Å². The first kappa shape index (κ1) is 17.1. The number of likely N-dealkylation sites (N-methyl/N-ethyl adjacent to an activating group) is 1. The van der Waals surface area contributed by atoms with E-state index in [1.807, 2.05) is 24.4 Å². The van der Waals surface area contributed by atoms with E-state index in [1.165, 1.54) is 16.5 Å². The second kappa shape index (κ2) is 7.09. The Balaban J connectivity index is 1.67. The van der Waals surface area contributed by atoms with E-state index >= 15 is 0 Å². The fraction of sp³-hybridized carbons (Fsp3) is 0.368. The van der Waals surface area contributed by atoms with Gasteiger partial charge >= 0.3 is 0 Å². The van der Waals surface area contributed by atoms with Crippen molar-refractivity contribution in [3.63, 3.8) is 0 Å². The van der Waals surface area contributed by atoms with E-state index < -0.39 is 0 Å². The first-order chi connectivity index (χ1) is 12.7. The molecule has 0 amide bonds. The van der Waals surface area contributed by atoms with Crippen LogP contribution in [0.15, 0.2) is 30.5 Å². The van der Waals surface area contributed by atoms with Gasteiger partial charge in [0.2, 0.25) is 0 Å². The molecule has 0 spiro atoms. The quantitative estimate of drug-likeness (QED) is 0.703. The Bertz CT molecular complexity index is 919. The fourth-order valence-electron chi connectivity index (χ4n) is 3.21. The summed E-state index contributed by atoms with van der Waals surface area (Å²) in [5.74, 6) is 1.43. The topological polar surface area (TPSA) is 50.7 Å². The molecule has 136 valence electrons. The third-order valence-electron chi connectivity index (χ3n) is 4.81. The first-order valence-electron chi connectivity index (χ1n) is 8.61. The normalized spacial score (nSPS) is 15.4. The summed E-state index contributed by atoms with van der Waals surface area (Å²) in [6.07, 6.45) is 1.91. The molecule has 0 atom stereocenters. The zero-order valence-electron chi connectivity index (χ0n) is 15.2. The van der Waals surface area contributed by atoms with Crippen LogP contribution >= 0.6 is 11.5 Å². The van der Waals surface area contributed by atoms with Crippen LogP contribution in [0.1, 0.15) is 0 Å². The number of hydrogen-bond donors (Lipinski definition) is 0. The van der Waals surface area contributed by atoms with Gasteiger partial charge < -0.3 is 19.3 Å². The minimum Gasteiger partial charge on any atom is -0.493 e. The Kier molecular flexibility index (Phi) is 4.65. The zero-order valence-corrected chi connectivity index (χ0v) is 16.0. The van der Waals surface area contributed by atoms with Crippen molar-refractivity contribution >= 4 is 27.6 Å². The molecule has 6 nitrogen and oxygen atoms in total. The molecule has 0 saturated carbocycles. The highest BCUT2D eigenvalue weighted by molar-refractivity contribution is 7.11. The van der Waals surface area contributed by atoms with Crippen LogP contribution in [0, 0.1) is 0 Å². The van der Waals surface area contributed by atoms with Gasteiger partial charge in [0.1, 0.15) is 16.0 Å². The molecule has 0 radical (unpaired) electrons. The lowest BCUT2D eigenvalue weighted by Crippen LogP contribution is -2.44. The summed E-state index contributed by atoms with van der Waals surface area (Å²) in [7, 11) is 5.45. The maximum absolute atomic E-state index is 5.41. The van der Waals surface area contributed by atoms with Crippen molar-refractivity contribution in [3.8, 4) is 22.6 Å². The SMILES string of the molecule is COc1ccc(-c2cnc3c(N4CCN(C)CC4)snc3c2)cc1OC. The molecule has 3 heterocycles. The maximum Gasteiger partial charge on any atom is 0.161 e. The van der Waals surface area contributed by atoms with Crippen molar-refractivity contribution in [3.05, 3.63) is 30.5 Å². The number of ether oxygens (including phenoxy) is 2. The van der Waals surface area contributed by atoms with E-state index in [9.17, 15) is 0 Å². The maximum atomic E-state index is 5.41. The summed E-state index contributed by atoms with van der Waals surface area (Å²) < 4.78 is 15.4. The summed E-state index contributed by atoms with van der Waals surface area (Å²) in [4.78, 5) is 9.47. The molecule has 1 aromatic carbocycles. The predicted molar refractivity (Wildman–Crippen MR) is 106 cm³/mol. The Labute approximate surface area is 157 Å². The highest BCUT2D eigenvalue weighted by Crippen LogP contribution is 2.35. The lowest BCUT2D eigenvalue weighted by molar-refractivity contribution is 0.313. The standard InChI is InChI=1S/C19H22N4O2S/c1-22-6-8-23(9-7-22)19-18-15(21-26-19)10-14(12-20-18)13-4-5-16(24-2)17(11-13)25-3/h4-5,10-12H,6-9H2,1-3H3. The lowest BCUT2D eigenvalue weighted by Gasteiger charge is -2.32. The predicted octanol–water partition coefficient (Wildman–Crippen LogP) is 3.13. The average Bonchev–Trinajstić information content (AvgIpc) is 3.11. The van der Waals surface area contributed by atoms with E-state index in [4.69, 9.17) is 14.5 Å². The van der Waals surface area contributed by atoms with Crippen LogP contribution < -0.4 is 14.4 Å². The second-order valence-electron chi connectivity index (χ2n) is 6.44. The Morgan fingerprint density at radius 2 is 1.73 bits per heavy atom. The summed E-state index contributed by atoms with van der Waals surface area (Å²) in [6, 6.07) is 7.99. The van der Waals surface area contributed by atoms with Gasteiger partial charge in [0.05, 0.1) is 14.2 Å². The van der Waals surface area contributed by atoms with E-state index in [2.05, 4.69) is 27.3 Å². The van der Waals surface area contributed by atoms with Crippen LogP contribution in [-0.4, -0.2) is 61.7 Å². The highest BCUT2D eigenvalue weighted by atomic mass is 32.1. The number of nitrogens with zero attached hydrogens (tertiary/aromatic N) is 4. The van der Waals surface area contributed by atoms with Crippen LogP contribution in [0.5, 0.6) is 11.5 Å². The smallest absolute Gasteiger partial charge is 0.161 e. The van der Waals surface area contributed by atoms with Crippen molar-refractivity contribution in [1.29, 1.82) is 0 Å². The molecular formula is C19H22N4O2S. The molecule has 0 unspecified atom stereocenters. The van der Waals surface area contributed by atoms with Crippen LogP contribution in [0.25, 0.3) is 22.2 Å². The van der Waals surface area contributed by atoms with Gasteiger partial charge in [0, 0.05) is 37.9 Å². The molecule has 0 N–H and O–H groups in total. The Morgan fingerprint density at radius 3 is 2.46 bits per heavy atom. The molecule has 1 aliphatic heterocycles. The summed E-state index contributed by atoms with van der Waals surface area (Å²) >= 11 is 1.54. The molecule has 7 heteroatoms. The number of fused-ring (bicyclic) bond motifs is 1. The molecule has 1 aliphatic rings. The largest absolute Gasteiger partial charge is 0.493 e. The van der Waals surface area contributed by atoms with Crippen molar-refractivity contribution in [1.82, 2.24) is 14.3 Å².